The van der Waals surface area contributed by atoms with Gasteiger partial charge in [-0.2, -0.15) is 0 Å². The van der Waals surface area contributed by atoms with E-state index >= 15 is 0 Å². The molecule has 0 fully saturated rings. The quantitative estimate of drug-likeness (QED) is 0.135. The number of aryl methyl sites for hydroxylation is 1. The van der Waals surface area contributed by atoms with Crippen molar-refractivity contribution in [1.82, 2.24) is 14.1 Å². The number of benzene rings is 11. The summed E-state index contributed by atoms with van der Waals surface area (Å²) in [5, 5.41) is 0. The first-order valence-electron chi connectivity index (χ1n) is 31.7. The van der Waals surface area contributed by atoms with E-state index in [1.165, 1.54) is 16.7 Å². The van der Waals surface area contributed by atoms with E-state index in [0.29, 0.717) is 11.5 Å². The average Bonchev–Trinajstić information content (AvgIpc) is 1.26. The Bertz CT molecular complexity index is 4920. The molecule has 14 rings (SSSR count). The van der Waals surface area contributed by atoms with Gasteiger partial charge in [-0.05, 0) is 81.3 Å². The first-order chi connectivity index (χ1) is 44.4. The summed E-state index contributed by atoms with van der Waals surface area (Å²) in [4.78, 5) is 10.3. The van der Waals surface area contributed by atoms with Crippen LogP contribution in [0.1, 0.15) is 84.6 Å². The van der Waals surface area contributed by atoms with E-state index in [2.05, 4.69) is 368 Å². The number of nitrogens with zero attached hydrogens (tertiary/aromatic N) is 5. The van der Waals surface area contributed by atoms with E-state index in [1.54, 1.807) is 0 Å². The standard InChI is InChI=1S/C85H73N5O.Pt/c1-57-51-81(86-55-74(57)60-39-41-61(42-40-60)83(2,3)4)90-77-50-45-63(85(8,9)10)52-73(77)71-32-18-20-36-76(71)89(64-46-43-62(44-47-64)84(5,6)7)75-35-19-17-31-70(75)72-49-48-67(54-80(72)90)91-66-30-23-29-65(53-66)87-56-88(79-38-22-21-37-78(79)87)82-68(58-25-13-11-14-26-58)33-24-34-69(82)59-27-15-12-16-28-59;/h11-52,55H,1-10H3;/q-2;. The van der Waals surface area contributed by atoms with E-state index in [4.69, 9.17) is 9.72 Å². The van der Waals surface area contributed by atoms with Crippen LogP contribution in [0.3, 0.4) is 0 Å². The van der Waals surface area contributed by atoms with Gasteiger partial charge < -0.3 is 4.90 Å². The number of fused-ring (bicyclic) bond motifs is 7. The van der Waals surface area contributed by atoms with Gasteiger partial charge in [0.15, 0.2) is 0 Å². The molecule has 6 nitrogen and oxygen atoms in total. The predicted molar refractivity (Wildman–Crippen MR) is 379 cm³/mol. The van der Waals surface area contributed by atoms with Gasteiger partial charge in [0, 0.05) is 23.0 Å². The van der Waals surface area contributed by atoms with Crippen LogP contribution in [0.15, 0.2) is 261 Å². The van der Waals surface area contributed by atoms with Crippen LogP contribution in [-0.4, -0.2) is 14.1 Å². The first-order valence-corrected chi connectivity index (χ1v) is 32.8. The van der Waals surface area contributed by atoms with E-state index in [1.807, 2.05) is 12.3 Å². The Kier molecular flexibility index (Phi) is 15.4. The van der Waals surface area contributed by atoms with E-state index < -0.39 is 0 Å². The second-order valence-electron chi connectivity index (χ2n) is 27.1. The molecule has 0 aliphatic carbocycles. The molecule has 3 heterocycles. The SMILES string of the molecule is Cc1cc(N2c3[c-]c(Oc4[c-]c(-n5[c](=[Pt])n(-c6c(-c7ccccc7)cccc6-c6ccccc6)c6ccccc65)ccc4)ccc3-c3ccccc3N(c3ccc(C(C)(C)C)cc3)c3ccccc3-c3cc(C(C)(C)C)ccc32)ncc1-c1ccc(C(C)(C)C)cc1. The van der Waals surface area contributed by atoms with E-state index in [0.717, 1.165) is 122 Å². The normalized spacial score (nSPS) is 12.5. The minimum atomic E-state index is -0.169. The zero-order valence-electron chi connectivity index (χ0n) is 53.8. The van der Waals surface area contributed by atoms with Crippen LogP contribution < -0.4 is 14.5 Å². The molecule has 92 heavy (non-hydrogen) atoms. The molecule has 0 unspecified atom stereocenters. The van der Waals surface area contributed by atoms with Crippen molar-refractivity contribution in [2.75, 3.05) is 9.80 Å². The number of hydrogen-bond acceptors (Lipinski definition) is 4. The van der Waals surface area contributed by atoms with E-state index in [-0.39, 0.29) is 16.2 Å². The van der Waals surface area contributed by atoms with Crippen molar-refractivity contribution in [3.8, 4) is 78.5 Å². The Morgan fingerprint density at radius 1 is 0.380 bits per heavy atom. The van der Waals surface area contributed by atoms with Crippen molar-refractivity contribution in [3.63, 3.8) is 0 Å². The Hall–Kier alpha value is -9.87. The van der Waals surface area contributed by atoms with Gasteiger partial charge in [-0.3, -0.25) is 0 Å². The van der Waals surface area contributed by atoms with Crippen LogP contribution in [-0.2, 0) is 35.6 Å². The Morgan fingerprint density at radius 3 is 1.47 bits per heavy atom. The zero-order chi connectivity index (χ0) is 63.6. The second-order valence-corrected chi connectivity index (χ2v) is 28.1. The van der Waals surface area contributed by atoms with Gasteiger partial charge in [-0.1, -0.05) is 135 Å². The fourth-order valence-electron chi connectivity index (χ4n) is 12.9. The van der Waals surface area contributed by atoms with Gasteiger partial charge in [-0.25, -0.2) is 0 Å². The number of anilines is 6. The molecule has 0 saturated heterocycles. The van der Waals surface area contributed by atoms with Crippen molar-refractivity contribution in [2.24, 2.45) is 0 Å². The molecule has 0 atom stereocenters. The summed E-state index contributed by atoms with van der Waals surface area (Å²) in [7, 11) is 0. The predicted octanol–water partition coefficient (Wildman–Crippen LogP) is 23.1. The molecule has 0 amide bonds. The number of rotatable bonds is 9. The van der Waals surface area contributed by atoms with Crippen LogP contribution in [0.4, 0.5) is 34.3 Å². The van der Waals surface area contributed by atoms with Crippen LogP contribution in [0.25, 0.3) is 78.0 Å². The number of hydrogen-bond donors (Lipinski definition) is 0. The minimum absolute atomic E-state index is 0.0263. The number of pyridine rings is 1. The molecule has 0 spiro atoms. The topological polar surface area (TPSA) is 38.5 Å². The van der Waals surface area contributed by atoms with Gasteiger partial charge in [0.25, 0.3) is 0 Å². The molecule has 0 saturated carbocycles. The van der Waals surface area contributed by atoms with Crippen molar-refractivity contribution in [2.45, 2.75) is 85.5 Å². The van der Waals surface area contributed by atoms with Gasteiger partial charge in [0.1, 0.15) is 0 Å². The van der Waals surface area contributed by atoms with Gasteiger partial charge in [0.2, 0.25) is 0 Å². The molecule has 0 N–H and O–H groups in total. The summed E-state index contributed by atoms with van der Waals surface area (Å²) < 4.78 is 12.9. The average molecular weight is 1380 g/mol. The maximum atomic E-state index is 7.18. The molecule has 2 aromatic heterocycles. The number of ether oxygens (including phenoxy) is 1. The molecule has 0 radical (unpaired) electrons. The van der Waals surface area contributed by atoms with Crippen LogP contribution in [0.2, 0.25) is 0 Å². The molecule has 1 aliphatic rings. The summed E-state index contributed by atoms with van der Waals surface area (Å²) in [6, 6.07) is 99.7. The Morgan fingerprint density at radius 2 is 0.870 bits per heavy atom. The first kappa shape index (κ1) is 59.7. The van der Waals surface area contributed by atoms with Crippen molar-refractivity contribution in [3.05, 3.63) is 299 Å². The number of aromatic nitrogens is 3. The molecule has 7 heteroatoms. The Balaban J connectivity index is 0.974. The second kappa shape index (κ2) is 23.7. The molecule has 1 aliphatic heterocycles. The van der Waals surface area contributed by atoms with Crippen molar-refractivity contribution in [1.29, 1.82) is 0 Å². The van der Waals surface area contributed by atoms with Crippen LogP contribution >= 0.6 is 0 Å². The Labute approximate surface area is 552 Å². The van der Waals surface area contributed by atoms with Crippen LogP contribution in [0.5, 0.6) is 11.5 Å². The molecule has 456 valence electrons. The molecular weight excluding hydrogens is 1300 g/mol. The van der Waals surface area contributed by atoms with Gasteiger partial charge in [-0.15, -0.1) is 0 Å². The molecule has 13 aromatic rings. The summed E-state index contributed by atoms with van der Waals surface area (Å²) >= 11 is 2.50. The van der Waals surface area contributed by atoms with Gasteiger partial charge >= 0.3 is 306 Å². The molecule has 11 aromatic carbocycles. The molecule has 0 bridgehead atoms. The fourth-order valence-corrected chi connectivity index (χ4v) is 14.0. The van der Waals surface area contributed by atoms with Gasteiger partial charge in [0.05, 0.1) is 5.69 Å². The summed E-state index contributed by atoms with van der Waals surface area (Å²) in [6.45, 7) is 22.7. The smallest absolute Gasteiger partial charge is 0.0579 e. The third kappa shape index (κ3) is 11.1. The van der Waals surface area contributed by atoms with Crippen LogP contribution in [0, 0.1) is 22.9 Å². The monoisotopic (exact) mass is 1370 g/mol. The van der Waals surface area contributed by atoms with Crippen molar-refractivity contribution >= 4 is 45.3 Å². The summed E-state index contributed by atoms with van der Waals surface area (Å²) in [5.74, 6) is 1.83. The number of imidazole rings is 1. The fraction of sp³-hybridized carbons (Fsp3) is 0.153. The van der Waals surface area contributed by atoms with Crippen molar-refractivity contribution < 1.29 is 24.1 Å². The number of para-hydroxylation sites is 5. The third-order valence-corrected chi connectivity index (χ3v) is 18.8. The summed E-state index contributed by atoms with van der Waals surface area (Å²) in [5.41, 5.74) is 24.5. The molecular formula is C85H73N5OPt-2. The summed E-state index contributed by atoms with van der Waals surface area (Å²) in [6.07, 6.45) is 2.04. The zero-order valence-corrected chi connectivity index (χ0v) is 56.1. The maximum absolute atomic E-state index is 7.18. The third-order valence-electron chi connectivity index (χ3n) is 17.8. The van der Waals surface area contributed by atoms with E-state index in [9.17, 15) is 0 Å². The minimum Gasteiger partial charge on any atom is -0.0579 e.